The Bertz CT molecular complexity index is 927. The SMILES string of the molecule is CCc1c(C)[nH]c(=O)c(NC(=O)CNC(=O)CN)c1Cc1cc(C)cc(C)c1. The van der Waals surface area contributed by atoms with Crippen LogP contribution in [-0.4, -0.2) is 29.9 Å². The van der Waals surface area contributed by atoms with Crippen LogP contribution in [0.2, 0.25) is 0 Å². The van der Waals surface area contributed by atoms with Crippen molar-refractivity contribution < 1.29 is 9.59 Å². The molecule has 1 heterocycles. The van der Waals surface area contributed by atoms with Gasteiger partial charge in [0.25, 0.3) is 5.56 Å². The minimum atomic E-state index is -0.472. The van der Waals surface area contributed by atoms with Crippen LogP contribution in [0, 0.1) is 20.8 Å². The number of H-pyrrole nitrogens is 1. The Morgan fingerprint density at radius 2 is 1.68 bits per heavy atom. The summed E-state index contributed by atoms with van der Waals surface area (Å²) in [5, 5.41) is 5.08. The molecule has 0 aliphatic rings. The van der Waals surface area contributed by atoms with Crippen molar-refractivity contribution >= 4 is 17.5 Å². The Hall–Kier alpha value is -2.93. The van der Waals surface area contributed by atoms with Crippen molar-refractivity contribution in [1.29, 1.82) is 0 Å². The highest BCUT2D eigenvalue weighted by Gasteiger charge is 2.18. The molecule has 2 rings (SSSR count). The van der Waals surface area contributed by atoms with E-state index in [1.165, 1.54) is 0 Å². The van der Waals surface area contributed by atoms with E-state index < -0.39 is 11.8 Å². The minimum Gasteiger partial charge on any atom is -0.346 e. The molecule has 28 heavy (non-hydrogen) atoms. The number of aromatic nitrogens is 1. The second kappa shape index (κ2) is 9.32. The highest BCUT2D eigenvalue weighted by atomic mass is 16.2. The van der Waals surface area contributed by atoms with Crippen molar-refractivity contribution in [3.8, 4) is 0 Å². The number of carbonyl (C=O) groups excluding carboxylic acids is 2. The minimum absolute atomic E-state index is 0.198. The first kappa shape index (κ1) is 21.4. The first-order valence-electron chi connectivity index (χ1n) is 9.33. The predicted octanol–water partition coefficient (Wildman–Crippen LogP) is 1.47. The van der Waals surface area contributed by atoms with Crippen molar-refractivity contribution in [3.05, 3.63) is 62.1 Å². The van der Waals surface area contributed by atoms with Gasteiger partial charge in [0.15, 0.2) is 0 Å². The molecule has 0 saturated carbocycles. The first-order valence-corrected chi connectivity index (χ1v) is 9.33. The van der Waals surface area contributed by atoms with Gasteiger partial charge in [0, 0.05) is 12.1 Å². The van der Waals surface area contributed by atoms with E-state index in [2.05, 4.69) is 33.8 Å². The molecule has 0 spiro atoms. The zero-order valence-corrected chi connectivity index (χ0v) is 16.9. The van der Waals surface area contributed by atoms with Gasteiger partial charge in [-0.1, -0.05) is 36.2 Å². The number of nitrogens with two attached hydrogens (primary N) is 1. The van der Waals surface area contributed by atoms with Gasteiger partial charge in [-0.15, -0.1) is 0 Å². The lowest BCUT2D eigenvalue weighted by Crippen LogP contribution is -2.37. The van der Waals surface area contributed by atoms with Gasteiger partial charge in [-0.25, -0.2) is 0 Å². The average Bonchev–Trinajstić information content (AvgIpc) is 2.62. The second-order valence-corrected chi connectivity index (χ2v) is 6.97. The lowest BCUT2D eigenvalue weighted by Gasteiger charge is -2.17. The lowest BCUT2D eigenvalue weighted by molar-refractivity contribution is -0.123. The van der Waals surface area contributed by atoms with Crippen molar-refractivity contribution in [1.82, 2.24) is 10.3 Å². The highest BCUT2D eigenvalue weighted by molar-refractivity contribution is 5.95. The summed E-state index contributed by atoms with van der Waals surface area (Å²) in [4.78, 5) is 38.9. The number of hydrogen-bond donors (Lipinski definition) is 4. The van der Waals surface area contributed by atoms with Crippen LogP contribution < -0.4 is 21.9 Å². The molecule has 1 aromatic carbocycles. The van der Waals surface area contributed by atoms with Gasteiger partial charge in [0.2, 0.25) is 11.8 Å². The fourth-order valence-electron chi connectivity index (χ4n) is 3.44. The van der Waals surface area contributed by atoms with Crippen LogP contribution in [0.15, 0.2) is 23.0 Å². The number of aromatic amines is 1. The van der Waals surface area contributed by atoms with Gasteiger partial charge in [0.05, 0.1) is 13.1 Å². The molecule has 150 valence electrons. The third-order valence-electron chi connectivity index (χ3n) is 4.56. The summed E-state index contributed by atoms with van der Waals surface area (Å²) in [5.74, 6) is -0.905. The summed E-state index contributed by atoms with van der Waals surface area (Å²) in [6.45, 7) is 7.49. The van der Waals surface area contributed by atoms with E-state index in [0.717, 1.165) is 39.9 Å². The summed E-state index contributed by atoms with van der Waals surface area (Å²) in [6, 6.07) is 6.25. The number of carbonyl (C=O) groups is 2. The molecule has 7 nitrogen and oxygen atoms in total. The molecule has 0 unspecified atom stereocenters. The zero-order chi connectivity index (χ0) is 20.8. The third kappa shape index (κ3) is 5.29. The fourth-order valence-corrected chi connectivity index (χ4v) is 3.44. The van der Waals surface area contributed by atoms with Crippen molar-refractivity contribution in [3.63, 3.8) is 0 Å². The Morgan fingerprint density at radius 3 is 2.25 bits per heavy atom. The van der Waals surface area contributed by atoms with Gasteiger partial charge in [-0.05, 0) is 43.9 Å². The molecule has 0 atom stereocenters. The van der Waals surface area contributed by atoms with E-state index in [4.69, 9.17) is 5.73 Å². The summed E-state index contributed by atoms with van der Waals surface area (Å²) in [7, 11) is 0. The van der Waals surface area contributed by atoms with Crippen molar-refractivity contribution in [2.75, 3.05) is 18.4 Å². The maximum Gasteiger partial charge on any atom is 0.272 e. The number of hydrogen-bond acceptors (Lipinski definition) is 4. The van der Waals surface area contributed by atoms with Crippen molar-refractivity contribution in [2.24, 2.45) is 5.73 Å². The molecule has 1 aromatic heterocycles. The second-order valence-electron chi connectivity index (χ2n) is 6.97. The Kier molecular flexibility index (Phi) is 7.12. The molecule has 0 aliphatic heterocycles. The Morgan fingerprint density at radius 1 is 1.04 bits per heavy atom. The van der Waals surface area contributed by atoms with Crippen LogP contribution in [0.25, 0.3) is 0 Å². The predicted molar refractivity (Wildman–Crippen MR) is 111 cm³/mol. The number of amides is 2. The molecular formula is C21H28N4O3. The summed E-state index contributed by atoms with van der Waals surface area (Å²) in [5.41, 5.74) is 11.1. The van der Waals surface area contributed by atoms with Gasteiger partial charge >= 0.3 is 0 Å². The number of rotatable bonds is 7. The van der Waals surface area contributed by atoms with Crippen LogP contribution in [0.5, 0.6) is 0 Å². The van der Waals surface area contributed by atoms with E-state index >= 15 is 0 Å². The van der Waals surface area contributed by atoms with E-state index in [1.807, 2.05) is 27.7 Å². The number of aryl methyl sites for hydroxylation is 3. The molecule has 5 N–H and O–H groups in total. The van der Waals surface area contributed by atoms with Gasteiger partial charge in [0.1, 0.15) is 5.69 Å². The average molecular weight is 384 g/mol. The van der Waals surface area contributed by atoms with Crippen LogP contribution in [0.4, 0.5) is 5.69 Å². The fraction of sp³-hybridized carbons (Fsp3) is 0.381. The molecule has 0 radical (unpaired) electrons. The number of benzene rings is 1. The Labute approximate surface area is 164 Å². The number of nitrogens with one attached hydrogen (secondary N) is 3. The highest BCUT2D eigenvalue weighted by Crippen LogP contribution is 2.24. The maximum absolute atomic E-state index is 12.6. The van der Waals surface area contributed by atoms with Crippen LogP contribution in [0.1, 0.15) is 40.4 Å². The van der Waals surface area contributed by atoms with E-state index in [0.29, 0.717) is 6.42 Å². The quantitative estimate of drug-likeness (QED) is 0.578. The van der Waals surface area contributed by atoms with E-state index in [1.54, 1.807) is 0 Å². The smallest absolute Gasteiger partial charge is 0.272 e. The van der Waals surface area contributed by atoms with E-state index in [-0.39, 0.29) is 24.3 Å². The molecule has 0 aliphatic carbocycles. The van der Waals surface area contributed by atoms with Crippen LogP contribution in [-0.2, 0) is 22.4 Å². The van der Waals surface area contributed by atoms with Gasteiger partial charge < -0.3 is 21.4 Å². The number of pyridine rings is 1. The molecular weight excluding hydrogens is 356 g/mol. The lowest BCUT2D eigenvalue weighted by atomic mass is 9.94. The largest absolute Gasteiger partial charge is 0.346 e. The summed E-state index contributed by atoms with van der Waals surface area (Å²) >= 11 is 0. The zero-order valence-electron chi connectivity index (χ0n) is 16.9. The molecule has 7 heteroatoms. The maximum atomic E-state index is 12.6. The monoisotopic (exact) mass is 384 g/mol. The summed E-state index contributed by atoms with van der Waals surface area (Å²) in [6.07, 6.45) is 1.25. The van der Waals surface area contributed by atoms with Crippen molar-refractivity contribution in [2.45, 2.75) is 40.5 Å². The first-order chi connectivity index (χ1) is 13.2. The molecule has 0 saturated heterocycles. The van der Waals surface area contributed by atoms with Gasteiger partial charge in [-0.2, -0.15) is 0 Å². The third-order valence-corrected chi connectivity index (χ3v) is 4.56. The standard InChI is InChI=1S/C21H28N4O3/c1-5-16-14(4)24-21(28)20(25-19(27)11-23-18(26)10-22)17(16)9-15-7-12(2)6-13(3)8-15/h6-8H,5,9-11,22H2,1-4H3,(H,23,26)(H,24,28)(H,25,27). The molecule has 2 amide bonds. The normalized spacial score (nSPS) is 10.6. The van der Waals surface area contributed by atoms with Gasteiger partial charge in [-0.3, -0.25) is 14.4 Å². The number of anilines is 1. The molecule has 0 fully saturated rings. The summed E-state index contributed by atoms with van der Waals surface area (Å²) < 4.78 is 0. The van der Waals surface area contributed by atoms with E-state index in [9.17, 15) is 14.4 Å². The molecule has 2 aromatic rings. The van der Waals surface area contributed by atoms with Crippen LogP contribution >= 0.6 is 0 Å². The topological polar surface area (TPSA) is 117 Å². The Balaban J connectivity index is 2.42. The van der Waals surface area contributed by atoms with Crippen LogP contribution in [0.3, 0.4) is 0 Å². The molecule has 0 bridgehead atoms.